The van der Waals surface area contributed by atoms with E-state index in [1.807, 2.05) is 38.1 Å². The molecular weight excluding hydrogens is 545 g/mol. The van der Waals surface area contributed by atoms with Gasteiger partial charge in [-0.3, -0.25) is 9.35 Å². The molecule has 0 aliphatic rings. The van der Waals surface area contributed by atoms with E-state index in [1.165, 1.54) is 24.3 Å². The molecule has 0 spiro atoms. The summed E-state index contributed by atoms with van der Waals surface area (Å²) >= 11 is 0. The van der Waals surface area contributed by atoms with Crippen molar-refractivity contribution < 1.29 is 30.9 Å². The van der Waals surface area contributed by atoms with Crippen LogP contribution in [0.2, 0.25) is 0 Å². The maximum absolute atomic E-state index is 13.1. The number of alkyl halides is 3. The van der Waals surface area contributed by atoms with E-state index in [-0.39, 0.29) is 16.5 Å². The Hall–Kier alpha value is -4.29. The van der Waals surface area contributed by atoms with E-state index in [9.17, 15) is 30.9 Å². The second kappa shape index (κ2) is 11.1. The predicted molar refractivity (Wildman–Crippen MR) is 148 cm³/mol. The normalized spacial score (nSPS) is 12.2. The molecule has 0 saturated heterocycles. The first kappa shape index (κ1) is 28.7. The number of hydrogen-bond donors (Lipinski definition) is 3. The summed E-state index contributed by atoms with van der Waals surface area (Å²) in [5, 5.41) is 9.82. The van der Waals surface area contributed by atoms with E-state index in [1.54, 1.807) is 17.4 Å². The number of fused-ring (bicyclic) bond motifs is 1. The number of anilines is 2. The minimum atomic E-state index is -5.22. The summed E-state index contributed by atoms with van der Waals surface area (Å²) in [7, 11) is -4.81. The molecule has 4 aromatic rings. The summed E-state index contributed by atoms with van der Waals surface area (Å²) in [4.78, 5) is 11.2. The number of benzene rings is 4. The fourth-order valence-electron chi connectivity index (χ4n) is 4.28. The average Bonchev–Trinajstić information content (AvgIpc) is 2.91. The highest BCUT2D eigenvalue weighted by atomic mass is 32.2. The van der Waals surface area contributed by atoms with Crippen LogP contribution in [-0.4, -0.2) is 25.1 Å². The average molecular weight is 571 g/mol. The van der Waals surface area contributed by atoms with Gasteiger partial charge in [0.25, 0.3) is 10.1 Å². The van der Waals surface area contributed by atoms with Crippen LogP contribution in [0.4, 0.5) is 35.9 Å². The van der Waals surface area contributed by atoms with Crippen LogP contribution in [-0.2, 0) is 27.8 Å². The Labute approximate surface area is 228 Å². The molecule has 8 nitrogen and oxygen atoms in total. The second-order valence-corrected chi connectivity index (χ2v) is 10.3. The quantitative estimate of drug-likeness (QED) is 0.121. The topological polar surface area (TPSA) is 134 Å². The molecule has 0 aliphatic heterocycles. The van der Waals surface area contributed by atoms with E-state index < -0.39 is 32.8 Å². The first-order valence-corrected chi connectivity index (χ1v) is 13.6. The van der Waals surface area contributed by atoms with Crippen molar-refractivity contribution in [2.24, 2.45) is 10.2 Å². The van der Waals surface area contributed by atoms with Gasteiger partial charge in [0.05, 0.1) is 11.4 Å². The van der Waals surface area contributed by atoms with Gasteiger partial charge in [-0.2, -0.15) is 26.7 Å². The maximum Gasteiger partial charge on any atom is 0.471 e. The molecule has 40 heavy (non-hydrogen) atoms. The molecule has 1 amide bonds. The molecule has 0 heterocycles. The van der Waals surface area contributed by atoms with Crippen molar-refractivity contribution in [1.82, 2.24) is 0 Å². The third kappa shape index (κ3) is 5.97. The van der Waals surface area contributed by atoms with Crippen molar-refractivity contribution in [2.75, 3.05) is 11.1 Å². The number of aryl methyl sites for hydroxylation is 2. The number of amides is 1. The summed E-state index contributed by atoms with van der Waals surface area (Å²) in [6.45, 7) is 3.89. The highest BCUT2D eigenvalue weighted by Crippen LogP contribution is 2.40. The number of nitrogens with zero attached hydrogens (tertiary/aromatic N) is 2. The molecule has 0 aliphatic carbocycles. The van der Waals surface area contributed by atoms with Gasteiger partial charge in [0.15, 0.2) is 0 Å². The van der Waals surface area contributed by atoms with Gasteiger partial charge >= 0.3 is 12.1 Å². The van der Waals surface area contributed by atoms with Gasteiger partial charge in [-0.05, 0) is 65.4 Å². The fourth-order valence-corrected chi connectivity index (χ4v) is 5.00. The van der Waals surface area contributed by atoms with Crippen molar-refractivity contribution in [3.63, 3.8) is 0 Å². The third-order valence-electron chi connectivity index (χ3n) is 6.34. The summed E-state index contributed by atoms with van der Waals surface area (Å²) in [5.41, 5.74) is 9.89. The zero-order valence-electron chi connectivity index (χ0n) is 21.5. The van der Waals surface area contributed by atoms with Crippen LogP contribution >= 0.6 is 0 Å². The Bertz CT molecular complexity index is 1750. The molecule has 0 atom stereocenters. The van der Waals surface area contributed by atoms with Gasteiger partial charge < -0.3 is 11.1 Å². The van der Waals surface area contributed by atoms with E-state index in [2.05, 4.69) is 10.2 Å². The Balaban J connectivity index is 1.85. The number of carbonyl (C=O) groups is 1. The van der Waals surface area contributed by atoms with Crippen molar-refractivity contribution in [2.45, 2.75) is 37.8 Å². The molecule has 0 saturated carbocycles. The van der Waals surface area contributed by atoms with Crippen molar-refractivity contribution in [3.8, 4) is 11.1 Å². The SMILES string of the molecule is CCc1cc(-c2ccc(N=Nc3cc(S(=O)(=O)O)c4ccccc4c3NC(=O)C(F)(F)F)c(CC)c2)ccc1N. The number of carbonyl (C=O) groups excluding carboxylic acids is 1. The second-order valence-electron chi connectivity index (χ2n) is 8.91. The zero-order chi connectivity index (χ0) is 29.2. The number of hydrogen-bond acceptors (Lipinski definition) is 6. The maximum atomic E-state index is 13.1. The molecule has 0 radical (unpaired) electrons. The molecule has 4 rings (SSSR count). The number of nitrogens with two attached hydrogens (primary N) is 1. The standard InChI is InChI=1S/C28H25F3N4O4S/c1-3-16-13-18(9-11-22(16)32)19-10-12-23(17(4-2)14-19)34-35-24-15-25(40(37,38)39)20-7-5-6-8-21(20)26(24)33-27(36)28(29,30)31/h5-15H,3-4,32H2,1-2H3,(H,33,36)(H,37,38,39). The Kier molecular flexibility index (Phi) is 7.94. The summed E-state index contributed by atoms with van der Waals surface area (Å²) in [6, 6.07) is 17.4. The molecule has 0 fully saturated rings. The molecule has 4 aromatic carbocycles. The Morgan fingerprint density at radius 2 is 1.45 bits per heavy atom. The molecule has 4 N–H and O–H groups in total. The first-order chi connectivity index (χ1) is 18.8. The van der Waals surface area contributed by atoms with E-state index in [0.717, 1.165) is 34.7 Å². The van der Waals surface area contributed by atoms with Crippen LogP contribution in [0.15, 0.2) is 81.9 Å². The van der Waals surface area contributed by atoms with Crippen LogP contribution in [0.1, 0.15) is 25.0 Å². The van der Waals surface area contributed by atoms with Crippen molar-refractivity contribution in [1.29, 1.82) is 0 Å². The van der Waals surface area contributed by atoms with Gasteiger partial charge in [-0.1, -0.05) is 50.2 Å². The Morgan fingerprint density at radius 3 is 2.05 bits per heavy atom. The summed E-state index contributed by atoms with van der Waals surface area (Å²) in [6.07, 6.45) is -3.93. The number of nitrogens with one attached hydrogen (secondary N) is 1. The lowest BCUT2D eigenvalue weighted by molar-refractivity contribution is -0.167. The van der Waals surface area contributed by atoms with E-state index in [0.29, 0.717) is 17.8 Å². The monoisotopic (exact) mass is 570 g/mol. The molecule has 0 bridgehead atoms. The van der Waals surface area contributed by atoms with Crippen LogP contribution < -0.4 is 11.1 Å². The molecule has 0 aromatic heterocycles. The van der Waals surface area contributed by atoms with Gasteiger partial charge in [0, 0.05) is 16.5 Å². The molecule has 12 heteroatoms. The zero-order valence-corrected chi connectivity index (χ0v) is 22.3. The Morgan fingerprint density at radius 1 is 0.875 bits per heavy atom. The minimum absolute atomic E-state index is 0.0784. The predicted octanol–water partition coefficient (Wildman–Crippen LogP) is 7.38. The number of rotatable bonds is 7. The molecule has 0 unspecified atom stereocenters. The van der Waals surface area contributed by atoms with Crippen molar-refractivity contribution >= 4 is 49.5 Å². The van der Waals surface area contributed by atoms with E-state index >= 15 is 0 Å². The molecule has 208 valence electrons. The minimum Gasteiger partial charge on any atom is -0.399 e. The highest BCUT2D eigenvalue weighted by molar-refractivity contribution is 7.86. The number of azo groups is 1. The number of halogens is 3. The smallest absolute Gasteiger partial charge is 0.399 e. The molecular formula is C28H25F3N4O4S. The summed E-state index contributed by atoms with van der Waals surface area (Å²) in [5.74, 6) is -2.28. The largest absolute Gasteiger partial charge is 0.471 e. The first-order valence-electron chi connectivity index (χ1n) is 12.2. The van der Waals surface area contributed by atoms with Gasteiger partial charge in [0.2, 0.25) is 0 Å². The highest BCUT2D eigenvalue weighted by Gasteiger charge is 2.39. The van der Waals surface area contributed by atoms with Crippen LogP contribution in [0.3, 0.4) is 0 Å². The third-order valence-corrected chi connectivity index (χ3v) is 7.24. The lowest BCUT2D eigenvalue weighted by Gasteiger charge is -2.15. The fraction of sp³-hybridized carbons (Fsp3) is 0.179. The van der Waals surface area contributed by atoms with Crippen LogP contribution in [0.25, 0.3) is 21.9 Å². The van der Waals surface area contributed by atoms with Crippen molar-refractivity contribution in [3.05, 3.63) is 77.9 Å². The van der Waals surface area contributed by atoms with Crippen LogP contribution in [0.5, 0.6) is 0 Å². The lowest BCUT2D eigenvalue weighted by Crippen LogP contribution is -2.30. The lowest BCUT2D eigenvalue weighted by atomic mass is 9.98. The van der Waals surface area contributed by atoms with Gasteiger partial charge in [-0.15, -0.1) is 5.11 Å². The summed E-state index contributed by atoms with van der Waals surface area (Å²) < 4.78 is 73.4. The van der Waals surface area contributed by atoms with Gasteiger partial charge in [-0.25, -0.2) is 0 Å². The van der Waals surface area contributed by atoms with Crippen LogP contribution in [0, 0.1) is 0 Å². The van der Waals surface area contributed by atoms with E-state index in [4.69, 9.17) is 5.73 Å². The van der Waals surface area contributed by atoms with Gasteiger partial charge in [0.1, 0.15) is 10.6 Å². The number of nitrogen functional groups attached to an aromatic ring is 1.